The van der Waals surface area contributed by atoms with Crippen LogP contribution in [0.4, 0.5) is 0 Å². The van der Waals surface area contributed by atoms with Crippen LogP contribution in [-0.2, 0) is 23.7 Å². The zero-order valence-corrected chi connectivity index (χ0v) is 47.3. The third-order valence-corrected chi connectivity index (χ3v) is 15.3. The number of carbonyl (C=O) groups excluding carboxylic acids is 1. The summed E-state index contributed by atoms with van der Waals surface area (Å²) in [6.45, 7) is 4.66. The third kappa shape index (κ3) is 44.1. The van der Waals surface area contributed by atoms with Gasteiger partial charge < -0.3 is 39.4 Å². The van der Waals surface area contributed by atoms with Gasteiger partial charge in [-0.1, -0.05) is 309 Å². The van der Waals surface area contributed by atoms with Crippen LogP contribution in [0.1, 0.15) is 328 Å². The van der Waals surface area contributed by atoms with Gasteiger partial charge in [0.15, 0.2) is 6.29 Å². The zero-order chi connectivity index (χ0) is 51.3. The number of unbranched alkanes of at least 4 members (excludes halogenated alkanes) is 46. The molecule has 0 saturated carbocycles. The predicted molar refractivity (Wildman–Crippen MR) is 298 cm³/mol. The molecule has 6 unspecified atom stereocenters. The quantitative estimate of drug-likeness (QED) is 0.0347. The Morgan fingerprint density at radius 3 is 1.00 bits per heavy atom. The lowest BCUT2D eigenvalue weighted by Gasteiger charge is -2.39. The van der Waals surface area contributed by atoms with E-state index < -0.39 is 43.4 Å². The maximum Gasteiger partial charge on any atom is 0.306 e. The minimum atomic E-state index is -1.53. The molecule has 1 aliphatic rings. The Labute approximate surface area is 440 Å². The van der Waals surface area contributed by atoms with Crippen LogP contribution in [0.3, 0.4) is 0 Å². The summed E-state index contributed by atoms with van der Waals surface area (Å²) < 4.78 is 23.0. The molecule has 1 aliphatic heterocycles. The van der Waals surface area contributed by atoms with Gasteiger partial charge in [-0.05, 0) is 12.8 Å². The molecule has 1 saturated heterocycles. The Hall–Kier alpha value is -0.810. The van der Waals surface area contributed by atoms with Crippen LogP contribution >= 0.6 is 0 Å². The van der Waals surface area contributed by atoms with Crippen LogP contribution in [-0.4, -0.2) is 89.6 Å². The molecule has 0 bridgehead atoms. The molecule has 0 amide bonds. The molecule has 0 aromatic carbocycles. The van der Waals surface area contributed by atoms with Gasteiger partial charge in [-0.25, -0.2) is 0 Å². The largest absolute Gasteiger partial charge is 0.457 e. The molecular weight excluding hydrogens is 889 g/mol. The van der Waals surface area contributed by atoms with E-state index in [1.54, 1.807) is 0 Å². The van der Waals surface area contributed by atoms with Crippen LogP contribution in [0.15, 0.2) is 0 Å². The molecule has 0 aromatic heterocycles. The molecular formula is C62H122O9. The monoisotopic (exact) mass is 1010 g/mol. The van der Waals surface area contributed by atoms with Crippen molar-refractivity contribution in [3.63, 3.8) is 0 Å². The third-order valence-electron chi connectivity index (χ3n) is 15.3. The van der Waals surface area contributed by atoms with Gasteiger partial charge in [0.1, 0.15) is 30.5 Å². The van der Waals surface area contributed by atoms with Crippen molar-refractivity contribution in [2.75, 3.05) is 26.4 Å². The van der Waals surface area contributed by atoms with Crippen molar-refractivity contribution in [2.45, 2.75) is 365 Å². The highest BCUT2D eigenvalue weighted by Gasteiger charge is 2.44. The smallest absolute Gasteiger partial charge is 0.306 e. The minimum absolute atomic E-state index is 0.104. The van der Waals surface area contributed by atoms with E-state index in [0.29, 0.717) is 13.0 Å². The van der Waals surface area contributed by atoms with Crippen molar-refractivity contribution in [3.8, 4) is 0 Å². The first-order chi connectivity index (χ1) is 34.9. The SMILES string of the molecule is CCCCCCCCCCCCCCCCCCCCCCCCCCCCOCC(COC1OC(CO)C(O)C(O)C1O)OC(=O)CCCCCCCCCCCCCCCCCCCCCCCC. The Morgan fingerprint density at radius 2 is 0.690 bits per heavy atom. The molecule has 1 rings (SSSR count). The van der Waals surface area contributed by atoms with Gasteiger partial charge >= 0.3 is 5.97 Å². The number of hydrogen-bond acceptors (Lipinski definition) is 9. The van der Waals surface area contributed by atoms with Gasteiger partial charge in [0, 0.05) is 13.0 Å². The number of esters is 1. The van der Waals surface area contributed by atoms with Crippen molar-refractivity contribution in [3.05, 3.63) is 0 Å². The summed E-state index contributed by atoms with van der Waals surface area (Å²) in [5.74, 6) is -0.301. The van der Waals surface area contributed by atoms with E-state index in [0.717, 1.165) is 32.1 Å². The normalized spacial score (nSPS) is 18.6. The van der Waals surface area contributed by atoms with E-state index in [9.17, 15) is 25.2 Å². The van der Waals surface area contributed by atoms with Gasteiger partial charge in [0.25, 0.3) is 0 Å². The molecule has 1 heterocycles. The van der Waals surface area contributed by atoms with Crippen LogP contribution < -0.4 is 0 Å². The second-order valence-electron chi connectivity index (χ2n) is 22.2. The summed E-state index contributed by atoms with van der Waals surface area (Å²) in [6, 6.07) is 0. The molecule has 424 valence electrons. The first-order valence-electron chi connectivity index (χ1n) is 31.6. The molecule has 71 heavy (non-hydrogen) atoms. The van der Waals surface area contributed by atoms with Crippen molar-refractivity contribution in [1.29, 1.82) is 0 Å². The van der Waals surface area contributed by atoms with Gasteiger partial charge in [-0.15, -0.1) is 0 Å². The molecule has 0 aromatic rings. The summed E-state index contributed by atoms with van der Waals surface area (Å²) >= 11 is 0. The fourth-order valence-electron chi connectivity index (χ4n) is 10.4. The van der Waals surface area contributed by atoms with Crippen molar-refractivity contribution in [1.82, 2.24) is 0 Å². The molecule has 9 nitrogen and oxygen atoms in total. The Morgan fingerprint density at radius 1 is 0.394 bits per heavy atom. The molecule has 0 spiro atoms. The van der Waals surface area contributed by atoms with Crippen LogP contribution in [0.5, 0.6) is 0 Å². The maximum absolute atomic E-state index is 12.9. The zero-order valence-electron chi connectivity index (χ0n) is 47.3. The van der Waals surface area contributed by atoms with Gasteiger partial charge in [-0.3, -0.25) is 4.79 Å². The Balaban J connectivity index is 2.09. The summed E-state index contributed by atoms with van der Waals surface area (Å²) in [7, 11) is 0. The highest BCUT2D eigenvalue weighted by molar-refractivity contribution is 5.69. The molecule has 6 atom stereocenters. The van der Waals surface area contributed by atoms with E-state index in [1.165, 1.54) is 276 Å². The average molecular weight is 1010 g/mol. The average Bonchev–Trinajstić information content (AvgIpc) is 3.37. The van der Waals surface area contributed by atoms with Gasteiger partial charge in [-0.2, -0.15) is 0 Å². The number of rotatable bonds is 57. The van der Waals surface area contributed by atoms with Gasteiger partial charge in [0.2, 0.25) is 0 Å². The highest BCUT2D eigenvalue weighted by atomic mass is 16.7. The van der Waals surface area contributed by atoms with Crippen LogP contribution in [0.2, 0.25) is 0 Å². The van der Waals surface area contributed by atoms with E-state index in [4.69, 9.17) is 18.9 Å². The molecule has 4 N–H and O–H groups in total. The molecule has 0 aliphatic carbocycles. The number of aliphatic hydroxyl groups is 4. The lowest BCUT2D eigenvalue weighted by molar-refractivity contribution is -0.305. The maximum atomic E-state index is 12.9. The second kappa shape index (κ2) is 54.0. The summed E-state index contributed by atoms with van der Waals surface area (Å²) in [6.07, 6.45) is 57.4. The lowest BCUT2D eigenvalue weighted by atomic mass is 9.99. The van der Waals surface area contributed by atoms with Crippen molar-refractivity contribution in [2.24, 2.45) is 0 Å². The van der Waals surface area contributed by atoms with E-state index >= 15 is 0 Å². The Kier molecular flexibility index (Phi) is 51.9. The standard InChI is InChI=1S/C62H122O9/c1-3-5-7-9-11-13-15-17-19-21-23-25-27-28-29-30-32-34-36-38-40-42-44-46-48-50-52-68-54-56(55-69-62-61(67)60(66)59(65)57(53-63)71-62)70-58(64)51-49-47-45-43-41-39-37-35-33-31-26-24-22-20-18-16-14-12-10-8-6-4-2/h56-57,59-63,65-67H,3-55H2,1-2H3. The molecule has 0 radical (unpaired) electrons. The van der Waals surface area contributed by atoms with E-state index in [-0.39, 0.29) is 19.2 Å². The van der Waals surface area contributed by atoms with Crippen molar-refractivity contribution >= 4 is 5.97 Å². The highest BCUT2D eigenvalue weighted by Crippen LogP contribution is 2.23. The minimum Gasteiger partial charge on any atom is -0.457 e. The summed E-state index contributed by atoms with van der Waals surface area (Å²) in [5, 5.41) is 40.4. The summed E-state index contributed by atoms with van der Waals surface area (Å²) in [4.78, 5) is 12.9. The van der Waals surface area contributed by atoms with Crippen LogP contribution in [0.25, 0.3) is 0 Å². The number of aliphatic hydroxyl groups excluding tert-OH is 4. The number of hydrogen-bond donors (Lipinski definition) is 4. The van der Waals surface area contributed by atoms with Gasteiger partial charge in [0.05, 0.1) is 19.8 Å². The first-order valence-corrected chi connectivity index (χ1v) is 31.6. The number of ether oxygens (including phenoxy) is 4. The van der Waals surface area contributed by atoms with E-state index in [1.807, 2.05) is 0 Å². The number of carbonyl (C=O) groups is 1. The fourth-order valence-corrected chi connectivity index (χ4v) is 10.4. The molecule has 9 heteroatoms. The molecule has 1 fully saturated rings. The fraction of sp³-hybridized carbons (Fsp3) is 0.984. The predicted octanol–water partition coefficient (Wildman–Crippen LogP) is 16.9. The topological polar surface area (TPSA) is 135 Å². The van der Waals surface area contributed by atoms with Crippen LogP contribution in [0, 0.1) is 0 Å². The summed E-state index contributed by atoms with van der Waals surface area (Å²) in [5.41, 5.74) is 0. The van der Waals surface area contributed by atoms with E-state index in [2.05, 4.69) is 13.8 Å². The lowest BCUT2D eigenvalue weighted by Crippen LogP contribution is -2.59. The second-order valence-corrected chi connectivity index (χ2v) is 22.2. The van der Waals surface area contributed by atoms with Crippen molar-refractivity contribution < 1.29 is 44.2 Å². The first kappa shape index (κ1) is 68.2. The Bertz CT molecular complexity index is 1060.